The zero-order chi connectivity index (χ0) is 14.0. The fourth-order valence-electron chi connectivity index (χ4n) is 1.48. The SMILES string of the molecule is Cc1cc(Oc2cc(Cl)nc(N)n2)ccc1[N+](=O)[O-]. The Kier molecular flexibility index (Phi) is 3.48. The molecular weight excluding hydrogens is 272 g/mol. The van der Waals surface area contributed by atoms with Crippen LogP contribution in [0.1, 0.15) is 5.56 Å². The molecule has 2 N–H and O–H groups in total. The molecule has 2 aromatic rings. The summed E-state index contributed by atoms with van der Waals surface area (Å²) in [7, 11) is 0. The van der Waals surface area contributed by atoms with E-state index in [-0.39, 0.29) is 22.7 Å². The van der Waals surface area contributed by atoms with Gasteiger partial charge in [0, 0.05) is 17.7 Å². The molecule has 0 atom stereocenters. The number of hydrogen-bond donors (Lipinski definition) is 1. The molecule has 1 aromatic carbocycles. The topological polar surface area (TPSA) is 104 Å². The lowest BCUT2D eigenvalue weighted by atomic mass is 10.2. The Morgan fingerprint density at radius 1 is 1.37 bits per heavy atom. The van der Waals surface area contributed by atoms with Gasteiger partial charge in [0.2, 0.25) is 11.8 Å². The number of nitro groups is 1. The lowest BCUT2D eigenvalue weighted by Gasteiger charge is -2.06. The Morgan fingerprint density at radius 2 is 2.11 bits per heavy atom. The van der Waals surface area contributed by atoms with Crippen LogP contribution in [0.25, 0.3) is 0 Å². The van der Waals surface area contributed by atoms with Gasteiger partial charge in [-0.25, -0.2) is 4.98 Å². The molecule has 0 saturated heterocycles. The fraction of sp³-hybridized carbons (Fsp3) is 0.0909. The standard InChI is InChI=1S/C11H9ClN4O3/c1-6-4-7(2-3-8(6)16(17)18)19-10-5-9(12)14-11(13)15-10/h2-5H,1H3,(H2,13,14,15). The molecule has 0 radical (unpaired) electrons. The second-order valence-electron chi connectivity index (χ2n) is 3.69. The van der Waals surface area contributed by atoms with E-state index in [4.69, 9.17) is 22.1 Å². The van der Waals surface area contributed by atoms with Crippen molar-refractivity contribution in [1.82, 2.24) is 9.97 Å². The molecule has 1 heterocycles. The van der Waals surface area contributed by atoms with Gasteiger partial charge in [0.15, 0.2) is 0 Å². The Balaban J connectivity index is 2.28. The summed E-state index contributed by atoms with van der Waals surface area (Å²) in [5.41, 5.74) is 5.93. The number of halogens is 1. The van der Waals surface area contributed by atoms with Crippen LogP contribution in [-0.2, 0) is 0 Å². The number of ether oxygens (including phenoxy) is 1. The summed E-state index contributed by atoms with van der Waals surface area (Å²) in [6.07, 6.45) is 0. The normalized spacial score (nSPS) is 10.2. The highest BCUT2D eigenvalue weighted by atomic mass is 35.5. The van der Waals surface area contributed by atoms with Crippen molar-refractivity contribution in [3.05, 3.63) is 45.1 Å². The molecule has 1 aromatic heterocycles. The number of aromatic nitrogens is 2. The molecule has 0 unspecified atom stereocenters. The molecule has 0 bridgehead atoms. The number of nitrogens with zero attached hydrogens (tertiary/aromatic N) is 3. The van der Waals surface area contributed by atoms with Crippen LogP contribution in [-0.4, -0.2) is 14.9 Å². The Morgan fingerprint density at radius 3 is 2.68 bits per heavy atom. The third-order valence-corrected chi connectivity index (χ3v) is 2.47. The minimum atomic E-state index is -0.460. The maximum atomic E-state index is 10.7. The van der Waals surface area contributed by atoms with Gasteiger partial charge in [-0.3, -0.25) is 10.1 Å². The number of anilines is 1. The van der Waals surface area contributed by atoms with Crippen molar-refractivity contribution < 1.29 is 9.66 Å². The maximum absolute atomic E-state index is 10.7. The molecule has 7 nitrogen and oxygen atoms in total. The van der Waals surface area contributed by atoms with Crippen LogP contribution in [0.2, 0.25) is 5.15 Å². The van der Waals surface area contributed by atoms with Crippen molar-refractivity contribution in [3.8, 4) is 11.6 Å². The zero-order valence-corrected chi connectivity index (χ0v) is 10.6. The third-order valence-electron chi connectivity index (χ3n) is 2.28. The minimum Gasteiger partial charge on any atom is -0.439 e. The van der Waals surface area contributed by atoms with Gasteiger partial charge in [-0.15, -0.1) is 0 Å². The van der Waals surface area contributed by atoms with Gasteiger partial charge in [0.25, 0.3) is 5.69 Å². The molecule has 2 rings (SSSR count). The predicted octanol–water partition coefficient (Wildman–Crippen LogP) is 2.72. The first-order valence-corrected chi connectivity index (χ1v) is 5.56. The number of nitrogen functional groups attached to an aromatic ring is 1. The molecule has 98 valence electrons. The van der Waals surface area contributed by atoms with Crippen LogP contribution < -0.4 is 10.5 Å². The highest BCUT2D eigenvalue weighted by Gasteiger charge is 2.11. The van der Waals surface area contributed by atoms with E-state index in [0.29, 0.717) is 11.3 Å². The van der Waals surface area contributed by atoms with Crippen LogP contribution in [0.4, 0.5) is 11.6 Å². The van der Waals surface area contributed by atoms with Crippen molar-refractivity contribution in [1.29, 1.82) is 0 Å². The molecule has 19 heavy (non-hydrogen) atoms. The van der Waals surface area contributed by atoms with E-state index >= 15 is 0 Å². The monoisotopic (exact) mass is 280 g/mol. The van der Waals surface area contributed by atoms with E-state index in [1.807, 2.05) is 0 Å². The molecule has 0 spiro atoms. The Hall–Kier alpha value is -2.41. The van der Waals surface area contributed by atoms with Crippen molar-refractivity contribution in [2.45, 2.75) is 6.92 Å². The van der Waals surface area contributed by atoms with E-state index in [1.54, 1.807) is 6.92 Å². The quantitative estimate of drug-likeness (QED) is 0.526. The molecule has 0 fully saturated rings. The van der Waals surface area contributed by atoms with E-state index < -0.39 is 4.92 Å². The number of hydrogen-bond acceptors (Lipinski definition) is 6. The summed E-state index contributed by atoms with van der Waals surface area (Å²) in [5, 5.41) is 10.8. The molecule has 0 aliphatic carbocycles. The number of benzene rings is 1. The second kappa shape index (κ2) is 5.07. The average molecular weight is 281 g/mol. The third kappa shape index (κ3) is 3.08. The first-order chi connectivity index (χ1) is 8.95. The minimum absolute atomic E-state index is 0.0128. The predicted molar refractivity (Wildman–Crippen MR) is 69.4 cm³/mol. The summed E-state index contributed by atoms with van der Waals surface area (Å²) >= 11 is 5.71. The first-order valence-electron chi connectivity index (χ1n) is 5.18. The van der Waals surface area contributed by atoms with Gasteiger partial charge in [-0.05, 0) is 19.1 Å². The summed E-state index contributed by atoms with van der Waals surface area (Å²) in [4.78, 5) is 17.8. The van der Waals surface area contributed by atoms with E-state index in [1.165, 1.54) is 24.3 Å². The molecular formula is C11H9ClN4O3. The Labute approximate surface area is 113 Å². The molecule has 0 amide bonds. The van der Waals surface area contributed by atoms with Gasteiger partial charge in [-0.2, -0.15) is 4.98 Å². The summed E-state index contributed by atoms with van der Waals surface area (Å²) in [5.74, 6) is 0.559. The maximum Gasteiger partial charge on any atom is 0.272 e. The largest absolute Gasteiger partial charge is 0.439 e. The van der Waals surface area contributed by atoms with Crippen molar-refractivity contribution in [3.63, 3.8) is 0 Å². The highest BCUT2D eigenvalue weighted by Crippen LogP contribution is 2.27. The Bertz CT molecular complexity index is 628. The van der Waals surface area contributed by atoms with E-state index in [2.05, 4.69) is 9.97 Å². The van der Waals surface area contributed by atoms with Gasteiger partial charge >= 0.3 is 0 Å². The highest BCUT2D eigenvalue weighted by molar-refractivity contribution is 6.29. The summed E-state index contributed by atoms with van der Waals surface area (Å²) in [6.45, 7) is 1.62. The number of nitrogens with two attached hydrogens (primary N) is 1. The summed E-state index contributed by atoms with van der Waals surface area (Å²) < 4.78 is 5.42. The van der Waals surface area contributed by atoms with Crippen LogP contribution in [0.3, 0.4) is 0 Å². The van der Waals surface area contributed by atoms with Gasteiger partial charge in [0.05, 0.1) is 4.92 Å². The number of nitro benzene ring substituents is 1. The lowest BCUT2D eigenvalue weighted by Crippen LogP contribution is -1.98. The molecule has 0 aliphatic rings. The van der Waals surface area contributed by atoms with Gasteiger partial charge < -0.3 is 10.5 Å². The molecule has 0 saturated carbocycles. The van der Waals surface area contributed by atoms with Gasteiger partial charge in [0.1, 0.15) is 10.9 Å². The average Bonchev–Trinajstić information content (AvgIpc) is 2.26. The van der Waals surface area contributed by atoms with Crippen LogP contribution in [0.5, 0.6) is 11.6 Å². The van der Waals surface area contributed by atoms with Gasteiger partial charge in [-0.1, -0.05) is 11.6 Å². The first kappa shape index (κ1) is 13.0. The zero-order valence-electron chi connectivity index (χ0n) is 9.83. The van der Waals surface area contributed by atoms with Crippen molar-refractivity contribution in [2.24, 2.45) is 0 Å². The molecule has 8 heteroatoms. The lowest BCUT2D eigenvalue weighted by molar-refractivity contribution is -0.385. The summed E-state index contributed by atoms with van der Waals surface area (Å²) in [6, 6.07) is 5.76. The fourth-order valence-corrected chi connectivity index (χ4v) is 1.66. The van der Waals surface area contributed by atoms with E-state index in [0.717, 1.165) is 0 Å². The van der Waals surface area contributed by atoms with Crippen molar-refractivity contribution >= 4 is 23.2 Å². The van der Waals surface area contributed by atoms with Crippen molar-refractivity contribution in [2.75, 3.05) is 5.73 Å². The number of aryl methyl sites for hydroxylation is 1. The van der Waals surface area contributed by atoms with Crippen LogP contribution >= 0.6 is 11.6 Å². The van der Waals surface area contributed by atoms with Crippen LogP contribution in [0.15, 0.2) is 24.3 Å². The number of rotatable bonds is 3. The van der Waals surface area contributed by atoms with Crippen LogP contribution in [0, 0.1) is 17.0 Å². The molecule has 0 aliphatic heterocycles. The smallest absolute Gasteiger partial charge is 0.272 e. The second-order valence-corrected chi connectivity index (χ2v) is 4.08. The van der Waals surface area contributed by atoms with E-state index in [9.17, 15) is 10.1 Å².